The van der Waals surface area contributed by atoms with E-state index in [1.807, 2.05) is 11.3 Å². The van der Waals surface area contributed by atoms with Gasteiger partial charge in [-0.25, -0.2) is 0 Å². The zero-order valence-electron chi connectivity index (χ0n) is 10.8. The van der Waals surface area contributed by atoms with E-state index in [0.717, 1.165) is 19.6 Å². The van der Waals surface area contributed by atoms with Gasteiger partial charge >= 0.3 is 0 Å². The van der Waals surface area contributed by atoms with Gasteiger partial charge in [-0.1, -0.05) is 6.92 Å². The van der Waals surface area contributed by atoms with Crippen molar-refractivity contribution in [2.45, 2.75) is 45.3 Å². The van der Waals surface area contributed by atoms with Crippen LogP contribution in [0.5, 0.6) is 0 Å². The van der Waals surface area contributed by atoms with Crippen LogP contribution in [-0.4, -0.2) is 29.6 Å². The minimum absolute atomic E-state index is 0.252. The molecule has 17 heavy (non-hydrogen) atoms. The Morgan fingerprint density at radius 1 is 1.59 bits per heavy atom. The molecular formula is C13H21BrN2S. The number of nitrogens with zero attached hydrogens (tertiary/aromatic N) is 1. The van der Waals surface area contributed by atoms with Crippen molar-refractivity contribution in [3.63, 3.8) is 0 Å². The molecule has 1 atom stereocenters. The molecule has 1 N–H and O–H groups in total. The fraction of sp³-hybridized carbons (Fsp3) is 0.692. The molecule has 1 aliphatic heterocycles. The summed E-state index contributed by atoms with van der Waals surface area (Å²) in [5.41, 5.74) is 0.252. The summed E-state index contributed by atoms with van der Waals surface area (Å²) >= 11 is 5.37. The summed E-state index contributed by atoms with van der Waals surface area (Å²) in [4.78, 5) is 4.05. The van der Waals surface area contributed by atoms with Crippen molar-refractivity contribution >= 4 is 27.3 Å². The highest BCUT2D eigenvalue weighted by Crippen LogP contribution is 2.26. The van der Waals surface area contributed by atoms with Gasteiger partial charge in [-0.05, 0) is 42.3 Å². The molecule has 0 amide bonds. The van der Waals surface area contributed by atoms with E-state index < -0.39 is 0 Å². The molecule has 1 aliphatic rings. The molecule has 1 saturated heterocycles. The molecule has 0 spiro atoms. The summed E-state index contributed by atoms with van der Waals surface area (Å²) in [6.07, 6.45) is 1.21. The molecule has 0 saturated carbocycles. The van der Waals surface area contributed by atoms with Gasteiger partial charge < -0.3 is 5.32 Å². The van der Waals surface area contributed by atoms with E-state index in [-0.39, 0.29) is 5.54 Å². The SMILES string of the molecule is CCC1CN(Cc2cc(Br)cs2)C(C)(C)CN1. The number of nitrogens with one attached hydrogen (secondary N) is 1. The molecule has 1 unspecified atom stereocenters. The summed E-state index contributed by atoms with van der Waals surface area (Å²) in [5.74, 6) is 0. The van der Waals surface area contributed by atoms with Gasteiger partial charge in [0, 0.05) is 45.9 Å². The Balaban J connectivity index is 2.05. The highest BCUT2D eigenvalue weighted by molar-refractivity contribution is 9.10. The number of hydrogen-bond acceptors (Lipinski definition) is 3. The molecule has 0 aliphatic carbocycles. The molecule has 0 radical (unpaired) electrons. The van der Waals surface area contributed by atoms with Crippen molar-refractivity contribution in [2.24, 2.45) is 0 Å². The van der Waals surface area contributed by atoms with Gasteiger partial charge in [-0.2, -0.15) is 0 Å². The maximum atomic E-state index is 3.63. The van der Waals surface area contributed by atoms with E-state index in [2.05, 4.69) is 58.4 Å². The van der Waals surface area contributed by atoms with Crippen LogP contribution in [0.1, 0.15) is 32.1 Å². The Labute approximate surface area is 117 Å². The van der Waals surface area contributed by atoms with Gasteiger partial charge in [0.25, 0.3) is 0 Å². The number of hydrogen-bond donors (Lipinski definition) is 1. The normalized spacial score (nSPS) is 25.1. The molecule has 0 bridgehead atoms. The highest BCUT2D eigenvalue weighted by Gasteiger charge is 2.33. The topological polar surface area (TPSA) is 15.3 Å². The van der Waals surface area contributed by atoms with Gasteiger partial charge in [-0.15, -0.1) is 11.3 Å². The Kier molecular flexibility index (Phi) is 4.29. The molecule has 1 aromatic rings. The van der Waals surface area contributed by atoms with Crippen LogP contribution in [0.25, 0.3) is 0 Å². The van der Waals surface area contributed by atoms with Gasteiger partial charge in [0.1, 0.15) is 0 Å². The van der Waals surface area contributed by atoms with Crippen molar-refractivity contribution in [1.29, 1.82) is 0 Å². The maximum absolute atomic E-state index is 3.63. The van der Waals surface area contributed by atoms with Crippen LogP contribution in [0.15, 0.2) is 15.9 Å². The lowest BCUT2D eigenvalue weighted by Crippen LogP contribution is -2.61. The average molecular weight is 317 g/mol. The second-order valence-corrected chi connectivity index (χ2v) is 7.32. The van der Waals surface area contributed by atoms with Crippen molar-refractivity contribution < 1.29 is 0 Å². The minimum atomic E-state index is 0.252. The lowest BCUT2D eigenvalue weighted by Gasteiger charge is -2.46. The second kappa shape index (κ2) is 5.39. The summed E-state index contributed by atoms with van der Waals surface area (Å²) in [7, 11) is 0. The fourth-order valence-corrected chi connectivity index (χ4v) is 3.73. The Morgan fingerprint density at radius 2 is 2.35 bits per heavy atom. The lowest BCUT2D eigenvalue weighted by molar-refractivity contribution is 0.0586. The molecule has 4 heteroatoms. The zero-order chi connectivity index (χ0) is 12.5. The first-order valence-corrected chi connectivity index (χ1v) is 7.90. The first-order chi connectivity index (χ1) is 8.01. The first kappa shape index (κ1) is 13.5. The van der Waals surface area contributed by atoms with Crippen LogP contribution in [0.3, 0.4) is 0 Å². The van der Waals surface area contributed by atoms with Crippen LogP contribution in [-0.2, 0) is 6.54 Å². The number of halogens is 1. The van der Waals surface area contributed by atoms with E-state index in [1.165, 1.54) is 15.8 Å². The minimum Gasteiger partial charge on any atom is -0.311 e. The molecule has 2 rings (SSSR count). The third kappa shape index (κ3) is 3.31. The van der Waals surface area contributed by atoms with E-state index >= 15 is 0 Å². The molecule has 2 heterocycles. The fourth-order valence-electron chi connectivity index (χ4n) is 2.26. The van der Waals surface area contributed by atoms with Crippen LogP contribution in [0.2, 0.25) is 0 Å². The van der Waals surface area contributed by atoms with Gasteiger partial charge in [0.2, 0.25) is 0 Å². The van der Waals surface area contributed by atoms with Crippen molar-refractivity contribution in [2.75, 3.05) is 13.1 Å². The third-order valence-corrected chi connectivity index (χ3v) is 5.26. The van der Waals surface area contributed by atoms with Crippen molar-refractivity contribution in [3.05, 3.63) is 20.8 Å². The van der Waals surface area contributed by atoms with Gasteiger partial charge in [0.15, 0.2) is 0 Å². The van der Waals surface area contributed by atoms with Crippen molar-refractivity contribution in [3.8, 4) is 0 Å². The Hall–Kier alpha value is 0.1000. The van der Waals surface area contributed by atoms with Crippen LogP contribution < -0.4 is 5.32 Å². The zero-order valence-corrected chi connectivity index (χ0v) is 13.2. The average Bonchev–Trinajstić information content (AvgIpc) is 2.67. The quantitative estimate of drug-likeness (QED) is 0.918. The molecule has 0 aromatic carbocycles. The largest absolute Gasteiger partial charge is 0.311 e. The van der Waals surface area contributed by atoms with Gasteiger partial charge in [0.05, 0.1) is 0 Å². The molecule has 1 aromatic heterocycles. The smallest absolute Gasteiger partial charge is 0.0334 e. The Bertz CT molecular complexity index is 375. The summed E-state index contributed by atoms with van der Waals surface area (Å²) < 4.78 is 1.21. The Morgan fingerprint density at radius 3 is 2.94 bits per heavy atom. The first-order valence-electron chi connectivity index (χ1n) is 6.22. The maximum Gasteiger partial charge on any atom is 0.0334 e. The number of thiophene rings is 1. The van der Waals surface area contributed by atoms with E-state index in [1.54, 1.807) is 0 Å². The summed E-state index contributed by atoms with van der Waals surface area (Å²) in [6.45, 7) is 10.2. The van der Waals surface area contributed by atoms with Crippen LogP contribution in [0.4, 0.5) is 0 Å². The second-order valence-electron chi connectivity index (χ2n) is 5.41. The van der Waals surface area contributed by atoms with Crippen LogP contribution >= 0.6 is 27.3 Å². The molecular weight excluding hydrogens is 296 g/mol. The van der Waals surface area contributed by atoms with E-state index in [4.69, 9.17) is 0 Å². The predicted molar refractivity (Wildman–Crippen MR) is 78.6 cm³/mol. The highest BCUT2D eigenvalue weighted by atomic mass is 79.9. The molecule has 2 nitrogen and oxygen atoms in total. The number of rotatable bonds is 3. The van der Waals surface area contributed by atoms with E-state index in [0.29, 0.717) is 6.04 Å². The third-order valence-electron chi connectivity index (χ3n) is 3.58. The summed E-state index contributed by atoms with van der Waals surface area (Å²) in [5, 5.41) is 5.80. The molecule has 96 valence electrons. The van der Waals surface area contributed by atoms with E-state index in [9.17, 15) is 0 Å². The number of piperazine rings is 1. The molecule has 1 fully saturated rings. The van der Waals surface area contributed by atoms with Gasteiger partial charge in [-0.3, -0.25) is 4.90 Å². The predicted octanol–water partition coefficient (Wildman–Crippen LogP) is 3.47. The van der Waals surface area contributed by atoms with Crippen molar-refractivity contribution in [1.82, 2.24) is 10.2 Å². The summed E-state index contributed by atoms with van der Waals surface area (Å²) in [6, 6.07) is 2.88. The lowest BCUT2D eigenvalue weighted by atomic mass is 9.96. The van der Waals surface area contributed by atoms with Crippen LogP contribution in [0, 0.1) is 0 Å². The monoisotopic (exact) mass is 316 g/mol. The standard InChI is InChI=1S/C13H21BrN2S/c1-4-11-6-16(13(2,3)9-15-11)7-12-5-10(14)8-17-12/h5,8,11,15H,4,6-7,9H2,1-3H3.